The summed E-state index contributed by atoms with van der Waals surface area (Å²) in [5, 5.41) is 0. The zero-order valence-corrected chi connectivity index (χ0v) is 22.7. The Kier molecular flexibility index (Phi) is 8.08. The van der Waals surface area contributed by atoms with Gasteiger partial charge < -0.3 is 9.47 Å². The van der Waals surface area contributed by atoms with E-state index < -0.39 is 0 Å². The number of halogens is 3. The lowest BCUT2D eigenvalue weighted by Crippen LogP contribution is -2.27. The molecule has 1 heterocycles. The quantitative estimate of drug-likeness (QED) is 0.199. The Morgan fingerprint density at radius 3 is 2.44 bits per heavy atom. The minimum absolute atomic E-state index is 0.178. The molecule has 9 heteroatoms. The van der Waals surface area contributed by atoms with E-state index in [9.17, 15) is 9.18 Å². The van der Waals surface area contributed by atoms with Crippen LogP contribution < -0.4 is 14.4 Å². The smallest absolute Gasteiger partial charge is 0.270 e. The normalized spacial score (nSPS) is 14.7. The molecule has 0 aliphatic carbocycles. The van der Waals surface area contributed by atoms with E-state index in [1.807, 2.05) is 43.3 Å². The molecule has 174 valence electrons. The number of hydrogen-bond donors (Lipinski definition) is 0. The van der Waals surface area contributed by atoms with Gasteiger partial charge >= 0.3 is 0 Å². The molecular weight excluding hydrogens is 605 g/mol. The molecule has 0 atom stereocenters. The maximum absolute atomic E-state index is 13.2. The third-order valence-corrected chi connectivity index (χ3v) is 7.22. The number of carbonyl (C=O) groups excluding carboxylic acids is 1. The monoisotopic (exact) mass is 621 g/mol. The SMILES string of the molecule is CCOc1cc(/C=C2\SC(=S)N(c3ccc(Br)cc3)C2=O)cc(Br)c1OCc1ccc(F)cc1. The molecular formula is C25H18Br2FNO3S2. The zero-order valence-electron chi connectivity index (χ0n) is 17.9. The lowest BCUT2D eigenvalue weighted by Gasteiger charge is -2.15. The van der Waals surface area contributed by atoms with Crippen LogP contribution in [0.1, 0.15) is 18.1 Å². The first-order chi connectivity index (χ1) is 16.4. The molecule has 3 aromatic rings. The van der Waals surface area contributed by atoms with Gasteiger partial charge in [-0.2, -0.15) is 0 Å². The molecule has 1 amide bonds. The van der Waals surface area contributed by atoms with Crippen LogP contribution in [0.25, 0.3) is 6.08 Å². The van der Waals surface area contributed by atoms with Crippen LogP contribution >= 0.6 is 55.8 Å². The van der Waals surface area contributed by atoms with E-state index in [-0.39, 0.29) is 18.3 Å². The van der Waals surface area contributed by atoms with E-state index in [2.05, 4.69) is 31.9 Å². The van der Waals surface area contributed by atoms with Crippen molar-refractivity contribution in [2.75, 3.05) is 11.5 Å². The van der Waals surface area contributed by atoms with Crippen LogP contribution in [0.2, 0.25) is 0 Å². The van der Waals surface area contributed by atoms with Crippen molar-refractivity contribution in [3.63, 3.8) is 0 Å². The molecule has 1 aliphatic heterocycles. The van der Waals surface area contributed by atoms with E-state index in [1.165, 1.54) is 28.8 Å². The number of amides is 1. The Hall–Kier alpha value is -2.20. The fraction of sp³-hybridized carbons (Fsp3) is 0.120. The van der Waals surface area contributed by atoms with Gasteiger partial charge in [0.15, 0.2) is 15.8 Å². The molecule has 0 radical (unpaired) electrons. The summed E-state index contributed by atoms with van der Waals surface area (Å²) in [6, 6.07) is 17.2. The van der Waals surface area contributed by atoms with Crippen LogP contribution in [0.3, 0.4) is 0 Å². The highest BCUT2D eigenvalue weighted by molar-refractivity contribution is 9.10. The summed E-state index contributed by atoms with van der Waals surface area (Å²) in [6.07, 6.45) is 1.79. The highest BCUT2D eigenvalue weighted by Crippen LogP contribution is 2.40. The molecule has 4 rings (SSSR count). The number of ether oxygens (including phenoxy) is 2. The molecule has 0 unspecified atom stereocenters. The number of thiocarbonyl (C=S) groups is 1. The molecule has 0 N–H and O–H groups in total. The Labute approximate surface area is 223 Å². The third kappa shape index (κ3) is 5.71. The highest BCUT2D eigenvalue weighted by atomic mass is 79.9. The van der Waals surface area contributed by atoms with E-state index in [0.29, 0.717) is 31.8 Å². The average molecular weight is 623 g/mol. The second-order valence-corrected chi connectivity index (χ2v) is 10.6. The first kappa shape index (κ1) is 24.9. The Morgan fingerprint density at radius 1 is 1.06 bits per heavy atom. The maximum Gasteiger partial charge on any atom is 0.270 e. The van der Waals surface area contributed by atoms with Crippen molar-refractivity contribution in [2.24, 2.45) is 0 Å². The van der Waals surface area contributed by atoms with E-state index in [0.717, 1.165) is 21.3 Å². The summed E-state index contributed by atoms with van der Waals surface area (Å²) < 4.78 is 27.0. The van der Waals surface area contributed by atoms with E-state index in [1.54, 1.807) is 18.2 Å². The predicted molar refractivity (Wildman–Crippen MR) is 146 cm³/mol. The molecule has 34 heavy (non-hydrogen) atoms. The first-order valence-corrected chi connectivity index (χ1v) is 13.0. The molecule has 4 nitrogen and oxygen atoms in total. The van der Waals surface area contributed by atoms with Crippen LogP contribution in [-0.2, 0) is 11.4 Å². The second kappa shape index (κ2) is 11.0. The van der Waals surface area contributed by atoms with Crippen molar-refractivity contribution in [1.82, 2.24) is 0 Å². The maximum atomic E-state index is 13.2. The van der Waals surface area contributed by atoms with Crippen LogP contribution in [0.5, 0.6) is 11.5 Å². The molecule has 0 saturated carbocycles. The molecule has 1 fully saturated rings. The van der Waals surface area contributed by atoms with Crippen molar-refractivity contribution in [3.8, 4) is 11.5 Å². The van der Waals surface area contributed by atoms with Gasteiger partial charge in [0, 0.05) is 4.47 Å². The number of anilines is 1. The van der Waals surface area contributed by atoms with Crippen LogP contribution in [0, 0.1) is 5.82 Å². The van der Waals surface area contributed by atoms with Gasteiger partial charge in [-0.3, -0.25) is 9.69 Å². The van der Waals surface area contributed by atoms with Gasteiger partial charge in [-0.1, -0.05) is 52.0 Å². The molecule has 1 saturated heterocycles. The number of benzene rings is 3. The third-order valence-electron chi connectivity index (χ3n) is 4.80. The molecule has 1 aliphatic rings. The Morgan fingerprint density at radius 2 is 1.76 bits per heavy atom. The Balaban J connectivity index is 1.59. The van der Waals surface area contributed by atoms with Gasteiger partial charge in [-0.15, -0.1) is 0 Å². The van der Waals surface area contributed by atoms with Gasteiger partial charge in [-0.25, -0.2) is 4.39 Å². The van der Waals surface area contributed by atoms with Crippen molar-refractivity contribution in [1.29, 1.82) is 0 Å². The van der Waals surface area contributed by atoms with Crippen molar-refractivity contribution in [3.05, 3.63) is 91.5 Å². The molecule has 0 spiro atoms. The summed E-state index contributed by atoms with van der Waals surface area (Å²) in [5.74, 6) is 0.595. The van der Waals surface area contributed by atoms with Crippen molar-refractivity contribution in [2.45, 2.75) is 13.5 Å². The van der Waals surface area contributed by atoms with E-state index in [4.69, 9.17) is 21.7 Å². The van der Waals surface area contributed by atoms with Crippen molar-refractivity contribution >= 4 is 77.8 Å². The largest absolute Gasteiger partial charge is 0.490 e. The van der Waals surface area contributed by atoms with Crippen LogP contribution in [0.4, 0.5) is 10.1 Å². The predicted octanol–water partition coefficient (Wildman–Crippen LogP) is 7.73. The molecule has 3 aromatic carbocycles. The first-order valence-electron chi connectivity index (χ1n) is 10.2. The van der Waals surface area contributed by atoms with Crippen molar-refractivity contribution < 1.29 is 18.7 Å². The number of nitrogens with zero attached hydrogens (tertiary/aromatic N) is 1. The minimum atomic E-state index is -0.296. The summed E-state index contributed by atoms with van der Waals surface area (Å²) in [7, 11) is 0. The molecule has 0 aromatic heterocycles. The van der Waals surface area contributed by atoms with Gasteiger partial charge in [0.2, 0.25) is 0 Å². The standard InChI is InChI=1S/C25H18Br2FNO3S2/c1-2-31-21-12-16(11-20(27)23(21)32-14-15-3-7-18(28)8-4-15)13-22-24(30)29(25(33)34-22)19-9-5-17(26)6-10-19/h3-13H,2,14H2,1H3/b22-13-. The minimum Gasteiger partial charge on any atom is -0.490 e. The number of rotatable bonds is 7. The van der Waals surface area contributed by atoms with Crippen LogP contribution in [-0.4, -0.2) is 16.8 Å². The lowest BCUT2D eigenvalue weighted by molar-refractivity contribution is -0.113. The van der Waals surface area contributed by atoms with Gasteiger partial charge in [0.25, 0.3) is 5.91 Å². The topological polar surface area (TPSA) is 38.8 Å². The average Bonchev–Trinajstić information content (AvgIpc) is 3.08. The van der Waals surface area contributed by atoms with Gasteiger partial charge in [-0.05, 0) is 88.6 Å². The summed E-state index contributed by atoms with van der Waals surface area (Å²) >= 11 is 13.7. The summed E-state index contributed by atoms with van der Waals surface area (Å²) in [5.41, 5.74) is 2.31. The molecule has 0 bridgehead atoms. The van der Waals surface area contributed by atoms with Gasteiger partial charge in [0.1, 0.15) is 12.4 Å². The Bertz CT molecular complexity index is 1260. The fourth-order valence-corrected chi connectivity index (χ4v) is 5.38. The number of thioether (sulfide) groups is 1. The summed E-state index contributed by atoms with van der Waals surface area (Å²) in [6.45, 7) is 2.58. The van der Waals surface area contributed by atoms with Crippen LogP contribution in [0.15, 0.2) is 74.5 Å². The fourth-order valence-electron chi connectivity index (χ4n) is 3.24. The number of carbonyl (C=O) groups is 1. The second-order valence-electron chi connectivity index (χ2n) is 7.17. The van der Waals surface area contributed by atoms with E-state index >= 15 is 0 Å². The van der Waals surface area contributed by atoms with Gasteiger partial charge in [0.05, 0.1) is 21.7 Å². The lowest BCUT2D eigenvalue weighted by atomic mass is 10.1. The highest BCUT2D eigenvalue weighted by Gasteiger charge is 2.33. The number of hydrogen-bond acceptors (Lipinski definition) is 5. The summed E-state index contributed by atoms with van der Waals surface area (Å²) in [4.78, 5) is 15.1. The zero-order chi connectivity index (χ0) is 24.2.